The minimum Gasteiger partial charge on any atom is -0.363 e. The number of hydrogen-bond donors (Lipinski definition) is 0. The average molecular weight is 209 g/mol. The molecule has 2 aromatic rings. The van der Waals surface area contributed by atoms with Crippen LogP contribution in [0.5, 0.6) is 0 Å². The minimum atomic E-state index is 1.04. The summed E-state index contributed by atoms with van der Waals surface area (Å²) in [5, 5.41) is 0. The number of nitrogens with zero attached hydrogens (tertiary/aromatic N) is 1. The Morgan fingerprint density at radius 1 is 0.812 bits per heavy atom. The van der Waals surface area contributed by atoms with Crippen molar-refractivity contribution in [3.8, 4) is 0 Å². The van der Waals surface area contributed by atoms with Gasteiger partial charge in [0.2, 0.25) is 0 Å². The molecule has 1 aliphatic heterocycles. The highest BCUT2D eigenvalue weighted by Crippen LogP contribution is 2.27. The van der Waals surface area contributed by atoms with Gasteiger partial charge >= 0.3 is 0 Å². The lowest BCUT2D eigenvalue weighted by Crippen LogP contribution is -2.14. The molecular formula is C15H15N. The van der Waals surface area contributed by atoms with E-state index in [2.05, 4.69) is 60.4 Å². The number of hydrogen-bond acceptors (Lipinski definition) is 1. The van der Waals surface area contributed by atoms with Crippen LogP contribution in [0.2, 0.25) is 0 Å². The summed E-state index contributed by atoms with van der Waals surface area (Å²) < 4.78 is 0. The maximum absolute atomic E-state index is 2.42. The van der Waals surface area contributed by atoms with Crippen molar-refractivity contribution in [1.29, 1.82) is 0 Å². The zero-order chi connectivity index (χ0) is 11.0. The van der Waals surface area contributed by atoms with Crippen LogP contribution < -0.4 is 4.90 Å². The van der Waals surface area contributed by atoms with Crippen molar-refractivity contribution in [3.63, 3.8) is 0 Å². The van der Waals surface area contributed by atoms with E-state index in [0.717, 1.165) is 13.1 Å². The number of rotatable bonds is 1. The van der Waals surface area contributed by atoms with E-state index < -0.39 is 0 Å². The van der Waals surface area contributed by atoms with E-state index in [1.165, 1.54) is 22.4 Å². The highest BCUT2D eigenvalue weighted by Gasteiger charge is 2.17. The lowest BCUT2D eigenvalue weighted by molar-refractivity contribution is 0.880. The van der Waals surface area contributed by atoms with Crippen LogP contribution >= 0.6 is 0 Å². The molecule has 0 fully saturated rings. The topological polar surface area (TPSA) is 3.24 Å². The smallest absolute Gasteiger partial charge is 0.0436 e. The largest absolute Gasteiger partial charge is 0.363 e. The molecule has 0 spiro atoms. The monoisotopic (exact) mass is 209 g/mol. The SMILES string of the molecule is Cc1ccc(N2Cc3ccccc3C2)cc1. The second-order valence-corrected chi connectivity index (χ2v) is 4.46. The first kappa shape index (κ1) is 9.46. The Morgan fingerprint density at radius 3 is 1.94 bits per heavy atom. The fourth-order valence-electron chi connectivity index (χ4n) is 2.27. The molecule has 3 rings (SSSR count). The van der Waals surface area contributed by atoms with E-state index in [-0.39, 0.29) is 0 Å². The van der Waals surface area contributed by atoms with Crippen LogP contribution in [-0.2, 0) is 13.1 Å². The van der Waals surface area contributed by atoms with Gasteiger partial charge in [0.05, 0.1) is 0 Å². The van der Waals surface area contributed by atoms with Gasteiger partial charge in [0.15, 0.2) is 0 Å². The molecule has 0 atom stereocenters. The Balaban J connectivity index is 1.88. The van der Waals surface area contributed by atoms with Crippen molar-refractivity contribution in [2.75, 3.05) is 4.90 Å². The first-order valence-corrected chi connectivity index (χ1v) is 5.71. The minimum absolute atomic E-state index is 1.04. The van der Waals surface area contributed by atoms with Crippen molar-refractivity contribution in [3.05, 3.63) is 65.2 Å². The summed E-state index contributed by atoms with van der Waals surface area (Å²) in [4.78, 5) is 2.42. The summed E-state index contributed by atoms with van der Waals surface area (Å²) in [5.74, 6) is 0. The lowest BCUT2D eigenvalue weighted by atomic mass is 10.1. The van der Waals surface area contributed by atoms with E-state index >= 15 is 0 Å². The third-order valence-electron chi connectivity index (χ3n) is 3.24. The van der Waals surface area contributed by atoms with Gasteiger partial charge in [-0.05, 0) is 30.2 Å². The van der Waals surface area contributed by atoms with Crippen LogP contribution in [0.1, 0.15) is 16.7 Å². The molecule has 1 nitrogen and oxygen atoms in total. The van der Waals surface area contributed by atoms with Gasteiger partial charge in [-0.25, -0.2) is 0 Å². The predicted molar refractivity (Wildman–Crippen MR) is 67.5 cm³/mol. The van der Waals surface area contributed by atoms with Crippen LogP contribution in [0.15, 0.2) is 48.5 Å². The molecule has 0 N–H and O–H groups in total. The van der Waals surface area contributed by atoms with Gasteiger partial charge in [0.25, 0.3) is 0 Å². The predicted octanol–water partition coefficient (Wildman–Crippen LogP) is 3.52. The Bertz CT molecular complexity index is 474. The zero-order valence-corrected chi connectivity index (χ0v) is 9.48. The summed E-state index contributed by atoms with van der Waals surface area (Å²) in [6.07, 6.45) is 0. The highest BCUT2D eigenvalue weighted by molar-refractivity contribution is 5.52. The van der Waals surface area contributed by atoms with Crippen LogP contribution in [0, 0.1) is 6.92 Å². The standard InChI is InChI=1S/C15H15N/c1-12-6-8-15(9-7-12)16-10-13-4-2-3-5-14(13)11-16/h2-9H,10-11H2,1H3. The molecule has 0 aliphatic carbocycles. The van der Waals surface area contributed by atoms with Crippen molar-refractivity contribution in [2.45, 2.75) is 20.0 Å². The molecule has 1 heteroatoms. The third kappa shape index (κ3) is 1.58. The van der Waals surface area contributed by atoms with Gasteiger partial charge < -0.3 is 4.90 Å². The van der Waals surface area contributed by atoms with Gasteiger partial charge in [-0.2, -0.15) is 0 Å². The fourth-order valence-corrected chi connectivity index (χ4v) is 2.27. The van der Waals surface area contributed by atoms with Crippen LogP contribution in [0.3, 0.4) is 0 Å². The second-order valence-electron chi connectivity index (χ2n) is 4.46. The fraction of sp³-hybridized carbons (Fsp3) is 0.200. The average Bonchev–Trinajstić information content (AvgIpc) is 2.73. The zero-order valence-electron chi connectivity index (χ0n) is 9.48. The Labute approximate surface area is 96.3 Å². The summed E-state index contributed by atoms with van der Waals surface area (Å²) in [6, 6.07) is 17.5. The van der Waals surface area contributed by atoms with Crippen molar-refractivity contribution >= 4 is 5.69 Å². The normalized spacial score (nSPS) is 13.9. The first-order chi connectivity index (χ1) is 7.83. The van der Waals surface area contributed by atoms with Crippen LogP contribution in [0.4, 0.5) is 5.69 Å². The van der Waals surface area contributed by atoms with E-state index in [9.17, 15) is 0 Å². The molecule has 2 aromatic carbocycles. The maximum Gasteiger partial charge on any atom is 0.0436 e. The summed E-state index contributed by atoms with van der Waals surface area (Å²) in [6.45, 7) is 4.21. The van der Waals surface area contributed by atoms with E-state index in [1.54, 1.807) is 0 Å². The molecule has 0 saturated carbocycles. The molecule has 80 valence electrons. The van der Waals surface area contributed by atoms with Crippen molar-refractivity contribution in [1.82, 2.24) is 0 Å². The molecule has 0 bridgehead atoms. The molecule has 0 unspecified atom stereocenters. The molecule has 1 heterocycles. The number of anilines is 1. The van der Waals surface area contributed by atoms with Crippen molar-refractivity contribution in [2.24, 2.45) is 0 Å². The highest BCUT2D eigenvalue weighted by atomic mass is 15.1. The molecule has 0 saturated heterocycles. The quantitative estimate of drug-likeness (QED) is 0.694. The van der Waals surface area contributed by atoms with Gasteiger partial charge in [0, 0.05) is 18.8 Å². The summed E-state index contributed by atoms with van der Waals surface area (Å²) >= 11 is 0. The molecule has 1 aliphatic rings. The Hall–Kier alpha value is -1.76. The molecule has 0 radical (unpaired) electrons. The van der Waals surface area contributed by atoms with Gasteiger partial charge in [-0.3, -0.25) is 0 Å². The van der Waals surface area contributed by atoms with Gasteiger partial charge in [-0.15, -0.1) is 0 Å². The van der Waals surface area contributed by atoms with E-state index in [1.807, 2.05) is 0 Å². The molecule has 0 aromatic heterocycles. The maximum atomic E-state index is 2.42. The van der Waals surface area contributed by atoms with E-state index in [4.69, 9.17) is 0 Å². The number of benzene rings is 2. The molecular weight excluding hydrogens is 194 g/mol. The third-order valence-corrected chi connectivity index (χ3v) is 3.24. The summed E-state index contributed by atoms with van der Waals surface area (Å²) in [5.41, 5.74) is 5.56. The van der Waals surface area contributed by atoms with Gasteiger partial charge in [0.1, 0.15) is 0 Å². The van der Waals surface area contributed by atoms with E-state index in [0.29, 0.717) is 0 Å². The molecule has 16 heavy (non-hydrogen) atoms. The lowest BCUT2D eigenvalue weighted by Gasteiger charge is -2.17. The van der Waals surface area contributed by atoms with Gasteiger partial charge in [-0.1, -0.05) is 42.0 Å². The number of aryl methyl sites for hydroxylation is 1. The summed E-state index contributed by atoms with van der Waals surface area (Å²) in [7, 11) is 0. The number of fused-ring (bicyclic) bond motifs is 1. The Morgan fingerprint density at radius 2 is 1.38 bits per heavy atom. The second kappa shape index (κ2) is 3.67. The first-order valence-electron chi connectivity index (χ1n) is 5.71. The van der Waals surface area contributed by atoms with Crippen LogP contribution in [-0.4, -0.2) is 0 Å². The Kier molecular flexibility index (Phi) is 2.17. The van der Waals surface area contributed by atoms with Crippen LogP contribution in [0.25, 0.3) is 0 Å². The molecule has 0 amide bonds. The van der Waals surface area contributed by atoms with Crippen molar-refractivity contribution < 1.29 is 0 Å².